The lowest BCUT2D eigenvalue weighted by Gasteiger charge is -2.08. The molecule has 0 atom stereocenters. The first-order chi connectivity index (χ1) is 12.7. The van der Waals surface area contributed by atoms with Crippen LogP contribution in [0.4, 0.5) is 15.9 Å². The Morgan fingerprint density at radius 2 is 1.85 bits per heavy atom. The highest BCUT2D eigenvalue weighted by Gasteiger charge is 2.07. The van der Waals surface area contributed by atoms with Crippen LogP contribution in [0.25, 0.3) is 11.0 Å². The van der Waals surface area contributed by atoms with Gasteiger partial charge in [-0.05, 0) is 43.3 Å². The fourth-order valence-corrected chi connectivity index (χ4v) is 3.33. The van der Waals surface area contributed by atoms with Crippen LogP contribution in [0.2, 0.25) is 0 Å². The molecule has 0 fully saturated rings. The van der Waals surface area contributed by atoms with Crippen molar-refractivity contribution in [2.75, 3.05) is 5.32 Å². The normalized spacial score (nSPS) is 11.0. The number of nitrogens with zero attached hydrogens (tertiary/aromatic N) is 3. The van der Waals surface area contributed by atoms with Crippen molar-refractivity contribution in [1.29, 1.82) is 0 Å². The number of para-hydroxylation sites is 2. The smallest absolute Gasteiger partial charge is 0.190 e. The monoisotopic (exact) mass is 365 g/mol. The maximum absolute atomic E-state index is 13.0. The molecule has 2 heterocycles. The van der Waals surface area contributed by atoms with E-state index in [4.69, 9.17) is 0 Å². The van der Waals surface area contributed by atoms with E-state index in [1.807, 2.05) is 37.3 Å². The summed E-state index contributed by atoms with van der Waals surface area (Å²) < 4.78 is 13.0. The zero-order valence-electron chi connectivity index (χ0n) is 14.0. The third-order valence-electron chi connectivity index (χ3n) is 3.73. The fourth-order valence-electron chi connectivity index (χ4n) is 2.56. The average Bonchev–Trinajstić information content (AvgIpc) is 3.04. The van der Waals surface area contributed by atoms with E-state index >= 15 is 0 Å². The van der Waals surface area contributed by atoms with Crippen molar-refractivity contribution in [3.63, 3.8) is 0 Å². The van der Waals surface area contributed by atoms with Crippen molar-refractivity contribution in [2.45, 2.75) is 17.8 Å². The molecule has 0 radical (unpaired) electrons. The van der Waals surface area contributed by atoms with E-state index in [1.54, 1.807) is 12.1 Å². The summed E-state index contributed by atoms with van der Waals surface area (Å²) in [6, 6.07) is 16.0. The van der Waals surface area contributed by atoms with Gasteiger partial charge in [0.2, 0.25) is 0 Å². The highest BCUT2D eigenvalue weighted by Crippen LogP contribution is 2.23. The molecular formula is C19H16FN5S. The molecule has 0 aliphatic rings. The molecule has 4 rings (SSSR count). The Balaban J connectivity index is 1.49. The molecule has 2 aromatic heterocycles. The van der Waals surface area contributed by atoms with Crippen molar-refractivity contribution in [3.8, 4) is 0 Å². The van der Waals surface area contributed by atoms with Crippen LogP contribution in [0.5, 0.6) is 0 Å². The molecule has 0 aliphatic carbocycles. The third-order valence-corrected chi connectivity index (χ3v) is 4.59. The van der Waals surface area contributed by atoms with Gasteiger partial charge in [0.15, 0.2) is 5.16 Å². The quantitative estimate of drug-likeness (QED) is 0.391. The van der Waals surface area contributed by atoms with E-state index in [1.165, 1.54) is 23.9 Å². The van der Waals surface area contributed by atoms with Crippen molar-refractivity contribution in [2.24, 2.45) is 0 Å². The summed E-state index contributed by atoms with van der Waals surface area (Å²) in [4.78, 5) is 16.9. The van der Waals surface area contributed by atoms with E-state index in [-0.39, 0.29) is 5.82 Å². The lowest BCUT2D eigenvalue weighted by molar-refractivity contribution is 0.628. The number of rotatable bonds is 5. The number of H-pyrrole nitrogens is 1. The number of nitrogens with one attached hydrogen (secondary N) is 2. The van der Waals surface area contributed by atoms with Crippen LogP contribution < -0.4 is 5.32 Å². The van der Waals surface area contributed by atoms with Gasteiger partial charge in [-0.3, -0.25) is 0 Å². The topological polar surface area (TPSA) is 66.5 Å². The van der Waals surface area contributed by atoms with Gasteiger partial charge in [-0.2, -0.15) is 0 Å². The number of halogens is 1. The Morgan fingerprint density at radius 1 is 1.04 bits per heavy atom. The van der Waals surface area contributed by atoms with Crippen LogP contribution in [0.3, 0.4) is 0 Å². The first kappa shape index (κ1) is 16.5. The predicted octanol–water partition coefficient (Wildman–Crippen LogP) is 4.84. The number of hydrogen-bond acceptors (Lipinski definition) is 5. The number of fused-ring (bicyclic) bond motifs is 1. The Kier molecular flexibility index (Phi) is 4.53. The number of hydrogen-bond donors (Lipinski definition) is 2. The third kappa shape index (κ3) is 3.83. The largest absolute Gasteiger partial charge is 0.341 e. The van der Waals surface area contributed by atoms with Crippen LogP contribution in [-0.2, 0) is 5.75 Å². The fraction of sp³-hybridized carbons (Fsp3) is 0.105. The SMILES string of the molecule is Cc1cc(Nc2ccc(F)cc2)nc(SCc2nc3ccccc3[nH]2)n1. The summed E-state index contributed by atoms with van der Waals surface area (Å²) in [5.41, 5.74) is 3.60. The minimum Gasteiger partial charge on any atom is -0.341 e. The molecule has 26 heavy (non-hydrogen) atoms. The standard InChI is InChI=1S/C19H16FN5S/c1-12-10-17(22-14-8-6-13(20)7-9-14)25-19(21-12)26-11-18-23-15-4-2-3-5-16(15)24-18/h2-10H,11H2,1H3,(H,23,24)(H,21,22,25). The molecule has 0 unspecified atom stereocenters. The van der Waals surface area contributed by atoms with Gasteiger partial charge in [0, 0.05) is 17.4 Å². The lowest BCUT2D eigenvalue weighted by atomic mass is 10.3. The summed E-state index contributed by atoms with van der Waals surface area (Å²) in [5, 5.41) is 3.84. The molecule has 2 N–H and O–H groups in total. The summed E-state index contributed by atoms with van der Waals surface area (Å²) in [5.74, 6) is 1.94. The number of anilines is 2. The van der Waals surface area contributed by atoms with Crippen molar-refractivity contribution < 1.29 is 4.39 Å². The zero-order valence-corrected chi connectivity index (χ0v) is 14.8. The van der Waals surface area contributed by atoms with Gasteiger partial charge >= 0.3 is 0 Å². The predicted molar refractivity (Wildman–Crippen MR) is 102 cm³/mol. The highest BCUT2D eigenvalue weighted by atomic mass is 32.2. The summed E-state index contributed by atoms with van der Waals surface area (Å²) in [6.07, 6.45) is 0. The van der Waals surface area contributed by atoms with Crippen molar-refractivity contribution in [1.82, 2.24) is 19.9 Å². The van der Waals surface area contributed by atoms with E-state index < -0.39 is 0 Å². The first-order valence-electron chi connectivity index (χ1n) is 8.10. The number of aromatic nitrogens is 4. The number of benzene rings is 2. The summed E-state index contributed by atoms with van der Waals surface area (Å²) in [6.45, 7) is 1.92. The molecule has 4 aromatic rings. The van der Waals surface area contributed by atoms with E-state index in [0.29, 0.717) is 16.7 Å². The highest BCUT2D eigenvalue weighted by molar-refractivity contribution is 7.98. The second kappa shape index (κ2) is 7.13. The number of aryl methyl sites for hydroxylation is 1. The Hall–Kier alpha value is -2.93. The number of aromatic amines is 1. The molecule has 0 saturated heterocycles. The minimum atomic E-state index is -0.267. The molecule has 0 amide bonds. The molecule has 0 bridgehead atoms. The van der Waals surface area contributed by atoms with Crippen LogP contribution in [0, 0.1) is 12.7 Å². The molecular weight excluding hydrogens is 349 g/mol. The Bertz CT molecular complexity index is 1010. The Labute approximate surface area is 154 Å². The van der Waals surface area contributed by atoms with Gasteiger partial charge in [0.1, 0.15) is 17.5 Å². The molecule has 0 saturated carbocycles. The van der Waals surface area contributed by atoms with Gasteiger partial charge in [-0.25, -0.2) is 19.3 Å². The van der Waals surface area contributed by atoms with Crippen LogP contribution in [0.15, 0.2) is 59.8 Å². The minimum absolute atomic E-state index is 0.267. The number of imidazole rings is 1. The summed E-state index contributed by atoms with van der Waals surface area (Å²) >= 11 is 1.51. The van der Waals surface area contributed by atoms with Crippen LogP contribution in [-0.4, -0.2) is 19.9 Å². The summed E-state index contributed by atoms with van der Waals surface area (Å²) in [7, 11) is 0. The van der Waals surface area contributed by atoms with Gasteiger partial charge < -0.3 is 10.3 Å². The van der Waals surface area contributed by atoms with Gasteiger partial charge in [-0.15, -0.1) is 0 Å². The maximum Gasteiger partial charge on any atom is 0.190 e. The van der Waals surface area contributed by atoms with Gasteiger partial charge in [0.25, 0.3) is 0 Å². The van der Waals surface area contributed by atoms with Crippen LogP contribution >= 0.6 is 11.8 Å². The van der Waals surface area contributed by atoms with E-state index in [0.717, 1.165) is 28.2 Å². The molecule has 130 valence electrons. The van der Waals surface area contributed by atoms with Crippen molar-refractivity contribution >= 4 is 34.3 Å². The second-order valence-electron chi connectivity index (χ2n) is 5.80. The van der Waals surface area contributed by atoms with Crippen molar-refractivity contribution in [3.05, 3.63) is 71.9 Å². The molecule has 5 nitrogen and oxygen atoms in total. The molecule has 7 heteroatoms. The maximum atomic E-state index is 13.0. The average molecular weight is 365 g/mol. The van der Waals surface area contributed by atoms with E-state index in [9.17, 15) is 4.39 Å². The molecule has 2 aromatic carbocycles. The number of thioether (sulfide) groups is 1. The lowest BCUT2D eigenvalue weighted by Crippen LogP contribution is -1.99. The van der Waals surface area contributed by atoms with Gasteiger partial charge in [-0.1, -0.05) is 23.9 Å². The van der Waals surface area contributed by atoms with Gasteiger partial charge in [0.05, 0.1) is 16.8 Å². The zero-order chi connectivity index (χ0) is 17.9. The van der Waals surface area contributed by atoms with E-state index in [2.05, 4.69) is 25.3 Å². The Morgan fingerprint density at radius 3 is 2.65 bits per heavy atom. The van der Waals surface area contributed by atoms with Crippen LogP contribution in [0.1, 0.15) is 11.5 Å². The second-order valence-corrected chi connectivity index (χ2v) is 6.74. The first-order valence-corrected chi connectivity index (χ1v) is 9.09. The molecule has 0 spiro atoms. The molecule has 0 aliphatic heterocycles.